The SMILES string of the molecule is CC(C)(C)OC(=O)N1[C@@H]2CC[C@H]1CC(S(=O)(=O)c1ccccc1)C2. The predicted octanol–water partition coefficient (Wildman–Crippen LogP) is 3.39. The van der Waals surface area contributed by atoms with Gasteiger partial charge in [0.1, 0.15) is 5.60 Å². The van der Waals surface area contributed by atoms with Crippen molar-refractivity contribution in [1.82, 2.24) is 4.90 Å². The van der Waals surface area contributed by atoms with Crippen molar-refractivity contribution in [1.29, 1.82) is 0 Å². The molecule has 1 unspecified atom stereocenters. The van der Waals surface area contributed by atoms with Crippen LogP contribution in [-0.2, 0) is 14.6 Å². The van der Waals surface area contributed by atoms with Crippen LogP contribution in [0.15, 0.2) is 35.2 Å². The van der Waals surface area contributed by atoms with Crippen molar-refractivity contribution in [2.75, 3.05) is 0 Å². The summed E-state index contributed by atoms with van der Waals surface area (Å²) in [7, 11) is -3.35. The third kappa shape index (κ3) is 3.29. The van der Waals surface area contributed by atoms with E-state index in [0.717, 1.165) is 12.8 Å². The van der Waals surface area contributed by atoms with Crippen molar-refractivity contribution >= 4 is 15.9 Å². The topological polar surface area (TPSA) is 63.7 Å². The Bertz CT molecular complexity index is 694. The molecule has 3 rings (SSSR count). The van der Waals surface area contributed by atoms with Gasteiger partial charge in [0.25, 0.3) is 0 Å². The number of rotatable bonds is 2. The van der Waals surface area contributed by atoms with Gasteiger partial charge in [0.05, 0.1) is 10.1 Å². The van der Waals surface area contributed by atoms with Gasteiger partial charge in [0, 0.05) is 12.1 Å². The number of sulfone groups is 1. The van der Waals surface area contributed by atoms with Gasteiger partial charge in [-0.25, -0.2) is 13.2 Å². The van der Waals surface area contributed by atoms with E-state index < -0.39 is 20.7 Å². The Balaban J connectivity index is 1.77. The Labute approximate surface area is 143 Å². The summed E-state index contributed by atoms with van der Waals surface area (Å²) in [6.07, 6.45) is 2.38. The van der Waals surface area contributed by atoms with Crippen LogP contribution in [0.1, 0.15) is 46.5 Å². The maximum absolute atomic E-state index is 12.9. The van der Waals surface area contributed by atoms with E-state index in [0.29, 0.717) is 17.7 Å². The summed E-state index contributed by atoms with van der Waals surface area (Å²) in [5.41, 5.74) is -0.538. The van der Waals surface area contributed by atoms with Crippen LogP contribution in [0.2, 0.25) is 0 Å². The molecule has 0 aromatic heterocycles. The molecule has 6 heteroatoms. The lowest BCUT2D eigenvalue weighted by Gasteiger charge is -2.39. The molecule has 1 aromatic rings. The molecular formula is C18H25NO4S. The zero-order valence-corrected chi connectivity index (χ0v) is 15.3. The molecule has 2 aliphatic rings. The number of carbonyl (C=O) groups is 1. The molecular weight excluding hydrogens is 326 g/mol. The van der Waals surface area contributed by atoms with Gasteiger partial charge in [-0.15, -0.1) is 0 Å². The fourth-order valence-electron chi connectivity index (χ4n) is 3.80. The summed E-state index contributed by atoms with van der Waals surface area (Å²) in [5, 5.41) is -0.420. The molecule has 2 fully saturated rings. The highest BCUT2D eigenvalue weighted by atomic mass is 32.2. The number of ether oxygens (including phenoxy) is 1. The van der Waals surface area contributed by atoms with Crippen LogP contribution in [0.3, 0.4) is 0 Å². The minimum atomic E-state index is -3.35. The first-order chi connectivity index (χ1) is 11.2. The van der Waals surface area contributed by atoms with E-state index >= 15 is 0 Å². The number of nitrogens with zero attached hydrogens (tertiary/aromatic N) is 1. The van der Waals surface area contributed by atoms with Crippen molar-refractivity contribution in [3.05, 3.63) is 30.3 Å². The molecule has 5 nitrogen and oxygen atoms in total. The first-order valence-corrected chi connectivity index (χ1v) is 10.0. The van der Waals surface area contributed by atoms with Crippen molar-refractivity contribution < 1.29 is 17.9 Å². The largest absolute Gasteiger partial charge is 0.444 e. The van der Waals surface area contributed by atoms with E-state index in [9.17, 15) is 13.2 Å². The van der Waals surface area contributed by atoms with E-state index in [4.69, 9.17) is 4.74 Å². The Morgan fingerprint density at radius 2 is 1.62 bits per heavy atom. The van der Waals surface area contributed by atoms with Gasteiger partial charge in [-0.2, -0.15) is 0 Å². The second-order valence-electron chi connectivity index (χ2n) is 7.72. The average molecular weight is 351 g/mol. The van der Waals surface area contributed by atoms with Crippen LogP contribution in [0.5, 0.6) is 0 Å². The molecule has 2 saturated heterocycles. The Morgan fingerprint density at radius 1 is 1.08 bits per heavy atom. The normalized spacial score (nSPS) is 27.1. The second kappa shape index (κ2) is 6.06. The van der Waals surface area contributed by atoms with Gasteiger partial charge >= 0.3 is 6.09 Å². The summed E-state index contributed by atoms with van der Waals surface area (Å²) < 4.78 is 31.3. The lowest BCUT2D eigenvalue weighted by molar-refractivity contribution is 0.00813. The third-order valence-electron chi connectivity index (χ3n) is 4.80. The number of amides is 1. The Kier molecular flexibility index (Phi) is 4.36. The molecule has 24 heavy (non-hydrogen) atoms. The molecule has 0 N–H and O–H groups in total. The molecule has 0 spiro atoms. The first kappa shape index (κ1) is 17.3. The Morgan fingerprint density at radius 3 is 2.12 bits per heavy atom. The van der Waals surface area contributed by atoms with Gasteiger partial charge in [-0.3, -0.25) is 0 Å². The highest BCUT2D eigenvalue weighted by molar-refractivity contribution is 7.92. The second-order valence-corrected chi connectivity index (χ2v) is 9.95. The summed E-state index contributed by atoms with van der Waals surface area (Å²) in [6, 6.07) is 8.53. The number of hydrogen-bond donors (Lipinski definition) is 0. The summed E-state index contributed by atoms with van der Waals surface area (Å²) in [6.45, 7) is 5.54. The Hall–Kier alpha value is -1.56. The van der Waals surface area contributed by atoms with E-state index in [2.05, 4.69) is 0 Å². The molecule has 1 amide bonds. The molecule has 2 aliphatic heterocycles. The first-order valence-electron chi connectivity index (χ1n) is 8.49. The standard InChI is InChI=1S/C18H25NO4S/c1-18(2,3)23-17(20)19-13-9-10-14(19)12-16(11-13)24(21,22)15-7-5-4-6-8-15/h4-8,13-14,16H,9-12H2,1-3H3/t13-,14+,16?. The summed E-state index contributed by atoms with van der Waals surface area (Å²) >= 11 is 0. The molecule has 2 heterocycles. The molecule has 3 atom stereocenters. The maximum atomic E-state index is 12.9. The minimum absolute atomic E-state index is 0.0397. The fraction of sp³-hybridized carbons (Fsp3) is 0.611. The molecule has 132 valence electrons. The van der Waals surface area contributed by atoms with E-state index in [1.165, 1.54) is 0 Å². The fourth-order valence-corrected chi connectivity index (χ4v) is 5.67. The average Bonchev–Trinajstić information content (AvgIpc) is 2.77. The van der Waals surface area contributed by atoms with Crippen LogP contribution < -0.4 is 0 Å². The molecule has 0 saturated carbocycles. The molecule has 0 aliphatic carbocycles. The van der Waals surface area contributed by atoms with Crippen LogP contribution in [0, 0.1) is 0 Å². The highest BCUT2D eigenvalue weighted by Gasteiger charge is 2.48. The number of carbonyl (C=O) groups excluding carboxylic acids is 1. The smallest absolute Gasteiger partial charge is 0.410 e. The van der Waals surface area contributed by atoms with E-state index in [-0.39, 0.29) is 18.2 Å². The lowest BCUT2D eigenvalue weighted by Crippen LogP contribution is -2.51. The highest BCUT2D eigenvalue weighted by Crippen LogP contribution is 2.40. The van der Waals surface area contributed by atoms with Crippen molar-refractivity contribution in [2.45, 2.75) is 74.3 Å². The molecule has 2 bridgehead atoms. The van der Waals surface area contributed by atoms with Crippen LogP contribution in [0.25, 0.3) is 0 Å². The summed E-state index contributed by atoms with van der Waals surface area (Å²) in [4.78, 5) is 14.6. The summed E-state index contributed by atoms with van der Waals surface area (Å²) in [5.74, 6) is 0. The maximum Gasteiger partial charge on any atom is 0.410 e. The number of piperidine rings is 1. The van der Waals surface area contributed by atoms with Gasteiger partial charge in [0.15, 0.2) is 9.84 Å². The zero-order valence-electron chi connectivity index (χ0n) is 14.4. The quantitative estimate of drug-likeness (QED) is 0.819. The van der Waals surface area contributed by atoms with Crippen molar-refractivity contribution in [3.63, 3.8) is 0 Å². The van der Waals surface area contributed by atoms with Crippen LogP contribution >= 0.6 is 0 Å². The minimum Gasteiger partial charge on any atom is -0.444 e. The predicted molar refractivity (Wildman–Crippen MR) is 91.5 cm³/mol. The zero-order chi connectivity index (χ0) is 17.5. The molecule has 1 aromatic carbocycles. The van der Waals surface area contributed by atoms with Crippen LogP contribution in [0.4, 0.5) is 4.79 Å². The van der Waals surface area contributed by atoms with Gasteiger partial charge < -0.3 is 9.64 Å². The van der Waals surface area contributed by atoms with Crippen molar-refractivity contribution in [2.24, 2.45) is 0 Å². The molecule has 0 radical (unpaired) electrons. The number of hydrogen-bond acceptors (Lipinski definition) is 4. The van der Waals surface area contributed by atoms with Gasteiger partial charge in [-0.05, 0) is 58.6 Å². The number of benzene rings is 1. The van der Waals surface area contributed by atoms with Gasteiger partial charge in [-0.1, -0.05) is 18.2 Å². The van der Waals surface area contributed by atoms with Gasteiger partial charge in [0.2, 0.25) is 0 Å². The number of fused-ring (bicyclic) bond motifs is 2. The third-order valence-corrected chi connectivity index (χ3v) is 7.00. The van der Waals surface area contributed by atoms with E-state index in [1.807, 2.05) is 26.8 Å². The van der Waals surface area contributed by atoms with E-state index in [1.54, 1.807) is 29.2 Å². The van der Waals surface area contributed by atoms with Crippen molar-refractivity contribution in [3.8, 4) is 0 Å². The lowest BCUT2D eigenvalue weighted by atomic mass is 10.0. The monoisotopic (exact) mass is 351 g/mol. The van der Waals surface area contributed by atoms with Crippen LogP contribution in [-0.4, -0.2) is 42.3 Å².